The number of carbonyl (C=O) groups excluding carboxylic acids is 1. The minimum absolute atomic E-state index is 0.0260. The van der Waals surface area contributed by atoms with Crippen LogP contribution in [-0.4, -0.2) is 10.8 Å². The van der Waals surface area contributed by atoms with Gasteiger partial charge in [-0.1, -0.05) is 36.4 Å². The number of hydrogen-bond donors (Lipinski definition) is 1. The van der Waals surface area contributed by atoms with E-state index in [2.05, 4.69) is 5.32 Å². The summed E-state index contributed by atoms with van der Waals surface area (Å²) in [7, 11) is 0. The van der Waals surface area contributed by atoms with Crippen LogP contribution in [0.4, 0.5) is 15.8 Å². The van der Waals surface area contributed by atoms with Gasteiger partial charge in [-0.3, -0.25) is 14.9 Å². The van der Waals surface area contributed by atoms with Gasteiger partial charge in [0.1, 0.15) is 29.8 Å². The van der Waals surface area contributed by atoms with Crippen LogP contribution >= 0.6 is 0 Å². The van der Waals surface area contributed by atoms with Crippen LogP contribution in [0.25, 0.3) is 6.08 Å². The molecule has 0 saturated heterocycles. The van der Waals surface area contributed by atoms with Crippen molar-refractivity contribution < 1.29 is 18.8 Å². The molecule has 0 fully saturated rings. The van der Waals surface area contributed by atoms with E-state index in [1.165, 1.54) is 36.4 Å². The number of nitrogens with one attached hydrogen (secondary N) is 1. The second-order valence-electron chi connectivity index (χ2n) is 6.38. The number of anilines is 1. The smallest absolute Gasteiger partial charge is 0.271 e. The van der Waals surface area contributed by atoms with Crippen LogP contribution in [0.5, 0.6) is 5.75 Å². The number of amides is 1. The Labute approximate surface area is 177 Å². The quantitative estimate of drug-likeness (QED) is 0.256. The SMILES string of the molecule is N#C/C(=C/c1cccc(OCc2ccccc2F)c1)C(=O)Nc1cccc([N+](=O)[O-])c1. The molecule has 0 aliphatic rings. The van der Waals surface area contributed by atoms with Crippen molar-refractivity contribution in [1.82, 2.24) is 0 Å². The molecule has 3 rings (SSSR count). The van der Waals surface area contributed by atoms with E-state index in [1.807, 2.05) is 6.07 Å². The van der Waals surface area contributed by atoms with Crippen LogP contribution < -0.4 is 10.1 Å². The van der Waals surface area contributed by atoms with E-state index >= 15 is 0 Å². The zero-order chi connectivity index (χ0) is 22.2. The van der Waals surface area contributed by atoms with Gasteiger partial charge in [0.15, 0.2) is 0 Å². The Hall–Kier alpha value is -4.51. The normalized spacial score (nSPS) is 10.8. The number of non-ortho nitro benzene ring substituents is 1. The number of benzene rings is 3. The van der Waals surface area contributed by atoms with E-state index in [0.29, 0.717) is 16.9 Å². The summed E-state index contributed by atoms with van der Waals surface area (Å²) in [5.41, 5.74) is 0.745. The summed E-state index contributed by atoms with van der Waals surface area (Å²) in [5, 5.41) is 22.7. The number of nitriles is 1. The van der Waals surface area contributed by atoms with Crippen LogP contribution in [0.3, 0.4) is 0 Å². The van der Waals surface area contributed by atoms with Gasteiger partial charge in [0, 0.05) is 23.4 Å². The van der Waals surface area contributed by atoms with Gasteiger partial charge in [-0.2, -0.15) is 5.26 Å². The lowest BCUT2D eigenvalue weighted by Crippen LogP contribution is -2.13. The molecule has 3 aromatic rings. The standard InChI is InChI=1S/C23H16FN3O4/c24-22-10-2-1-6-17(22)15-31-21-9-3-5-16(12-21)11-18(14-25)23(28)26-19-7-4-8-20(13-19)27(29)30/h1-13H,15H2,(H,26,28)/b18-11-. The molecular weight excluding hydrogens is 401 g/mol. The van der Waals surface area contributed by atoms with Crippen molar-refractivity contribution in [1.29, 1.82) is 5.26 Å². The summed E-state index contributed by atoms with van der Waals surface area (Å²) in [6.07, 6.45) is 1.36. The molecule has 8 heteroatoms. The zero-order valence-electron chi connectivity index (χ0n) is 16.1. The predicted molar refractivity (Wildman–Crippen MR) is 112 cm³/mol. The fraction of sp³-hybridized carbons (Fsp3) is 0.0435. The van der Waals surface area contributed by atoms with Gasteiger partial charge < -0.3 is 10.1 Å². The Balaban J connectivity index is 1.73. The minimum Gasteiger partial charge on any atom is -0.489 e. The Kier molecular flexibility index (Phi) is 6.71. The van der Waals surface area contributed by atoms with Crippen molar-refractivity contribution in [3.63, 3.8) is 0 Å². The molecule has 0 atom stereocenters. The van der Waals surface area contributed by atoms with Gasteiger partial charge in [-0.15, -0.1) is 0 Å². The Bertz CT molecular complexity index is 1200. The third-order valence-electron chi connectivity index (χ3n) is 4.20. The lowest BCUT2D eigenvalue weighted by Gasteiger charge is -2.08. The summed E-state index contributed by atoms with van der Waals surface area (Å²) in [5.74, 6) is -0.641. The van der Waals surface area contributed by atoms with Gasteiger partial charge in [-0.25, -0.2) is 4.39 Å². The summed E-state index contributed by atoms with van der Waals surface area (Å²) < 4.78 is 19.3. The second-order valence-corrected chi connectivity index (χ2v) is 6.38. The first-order chi connectivity index (χ1) is 15.0. The highest BCUT2D eigenvalue weighted by atomic mass is 19.1. The fourth-order valence-electron chi connectivity index (χ4n) is 2.68. The molecule has 3 aromatic carbocycles. The molecule has 0 heterocycles. The van der Waals surface area contributed by atoms with Crippen LogP contribution in [0.15, 0.2) is 78.4 Å². The highest BCUT2D eigenvalue weighted by Crippen LogP contribution is 2.20. The van der Waals surface area contributed by atoms with E-state index in [-0.39, 0.29) is 29.4 Å². The molecule has 0 aliphatic heterocycles. The van der Waals surface area contributed by atoms with Crippen LogP contribution in [0.2, 0.25) is 0 Å². The average molecular weight is 417 g/mol. The molecule has 7 nitrogen and oxygen atoms in total. The molecule has 1 N–H and O–H groups in total. The molecule has 0 saturated carbocycles. The largest absolute Gasteiger partial charge is 0.489 e. The van der Waals surface area contributed by atoms with Crippen molar-refractivity contribution >= 4 is 23.4 Å². The van der Waals surface area contributed by atoms with Gasteiger partial charge >= 0.3 is 0 Å². The molecule has 154 valence electrons. The molecule has 0 unspecified atom stereocenters. The van der Waals surface area contributed by atoms with E-state index in [1.54, 1.807) is 42.5 Å². The summed E-state index contributed by atoms with van der Waals surface area (Å²) in [6.45, 7) is 0.0260. The van der Waals surface area contributed by atoms with Crippen molar-refractivity contribution in [2.45, 2.75) is 6.61 Å². The van der Waals surface area contributed by atoms with Crippen molar-refractivity contribution in [3.8, 4) is 11.8 Å². The lowest BCUT2D eigenvalue weighted by molar-refractivity contribution is -0.384. The molecule has 31 heavy (non-hydrogen) atoms. The predicted octanol–water partition coefficient (Wildman–Crippen LogP) is 4.86. The molecular formula is C23H16FN3O4. The number of nitro groups is 1. The van der Waals surface area contributed by atoms with E-state index in [0.717, 1.165) is 0 Å². The number of hydrogen-bond acceptors (Lipinski definition) is 5. The Morgan fingerprint density at radius 3 is 2.65 bits per heavy atom. The number of nitro benzene ring substituents is 1. The first-order valence-corrected chi connectivity index (χ1v) is 9.10. The Morgan fingerprint density at radius 1 is 1.13 bits per heavy atom. The van der Waals surface area contributed by atoms with Crippen molar-refractivity contribution in [2.24, 2.45) is 0 Å². The van der Waals surface area contributed by atoms with Crippen molar-refractivity contribution in [2.75, 3.05) is 5.32 Å². The van der Waals surface area contributed by atoms with Gasteiger partial charge in [0.25, 0.3) is 11.6 Å². The number of halogens is 1. The zero-order valence-corrected chi connectivity index (χ0v) is 16.1. The minimum atomic E-state index is -0.708. The maximum Gasteiger partial charge on any atom is 0.271 e. The first-order valence-electron chi connectivity index (χ1n) is 9.10. The topological polar surface area (TPSA) is 105 Å². The number of nitrogens with zero attached hydrogens (tertiary/aromatic N) is 2. The van der Waals surface area contributed by atoms with E-state index in [4.69, 9.17) is 4.74 Å². The average Bonchev–Trinajstić information content (AvgIpc) is 2.77. The third-order valence-corrected chi connectivity index (χ3v) is 4.20. The van der Waals surface area contributed by atoms with E-state index in [9.17, 15) is 24.6 Å². The molecule has 1 amide bonds. The second kappa shape index (κ2) is 9.80. The lowest BCUT2D eigenvalue weighted by atomic mass is 10.1. The fourth-order valence-corrected chi connectivity index (χ4v) is 2.68. The van der Waals surface area contributed by atoms with Crippen LogP contribution in [0, 0.1) is 27.3 Å². The highest BCUT2D eigenvalue weighted by Gasteiger charge is 2.12. The summed E-state index contributed by atoms with van der Waals surface area (Å²) in [6, 6.07) is 20.1. The summed E-state index contributed by atoms with van der Waals surface area (Å²) >= 11 is 0. The third kappa shape index (κ3) is 5.74. The highest BCUT2D eigenvalue weighted by molar-refractivity contribution is 6.09. The maximum atomic E-state index is 13.7. The van der Waals surface area contributed by atoms with Gasteiger partial charge in [0.2, 0.25) is 0 Å². The molecule has 0 spiro atoms. The first kappa shape index (κ1) is 21.2. The molecule has 0 aliphatic carbocycles. The van der Waals surface area contributed by atoms with Gasteiger partial charge in [0.05, 0.1) is 4.92 Å². The van der Waals surface area contributed by atoms with Gasteiger partial charge in [-0.05, 0) is 35.9 Å². The number of ether oxygens (including phenoxy) is 1. The number of carbonyl (C=O) groups is 1. The monoisotopic (exact) mass is 417 g/mol. The van der Waals surface area contributed by atoms with Crippen LogP contribution in [0.1, 0.15) is 11.1 Å². The van der Waals surface area contributed by atoms with E-state index < -0.39 is 10.8 Å². The maximum absolute atomic E-state index is 13.7. The van der Waals surface area contributed by atoms with Crippen molar-refractivity contribution in [3.05, 3.63) is 105 Å². The Morgan fingerprint density at radius 2 is 1.90 bits per heavy atom. The summed E-state index contributed by atoms with van der Waals surface area (Å²) in [4.78, 5) is 22.7. The molecule has 0 radical (unpaired) electrons. The number of rotatable bonds is 7. The van der Waals surface area contributed by atoms with Crippen LogP contribution in [-0.2, 0) is 11.4 Å². The molecule has 0 bridgehead atoms. The molecule has 0 aromatic heterocycles.